The lowest BCUT2D eigenvalue weighted by Gasteiger charge is -2.53. The molecule has 1 unspecified atom stereocenters. The third-order valence-corrected chi connectivity index (χ3v) is 4.54. The summed E-state index contributed by atoms with van der Waals surface area (Å²) in [4.78, 5) is 15.7. The maximum absolute atomic E-state index is 10.6. The number of carboxylic acids is 1. The summed E-state index contributed by atoms with van der Waals surface area (Å²) < 4.78 is 0. The van der Waals surface area contributed by atoms with E-state index >= 15 is 0 Å². The van der Waals surface area contributed by atoms with Gasteiger partial charge in [-0.3, -0.25) is 9.69 Å². The Hall–Kier alpha value is -0.610. The number of hydrogen-bond acceptors (Lipinski definition) is 3. The molecule has 0 radical (unpaired) electrons. The van der Waals surface area contributed by atoms with E-state index in [0.717, 1.165) is 25.0 Å². The van der Waals surface area contributed by atoms with Gasteiger partial charge in [0, 0.05) is 25.7 Å². The summed E-state index contributed by atoms with van der Waals surface area (Å²) >= 11 is 0. The van der Waals surface area contributed by atoms with E-state index in [0.29, 0.717) is 12.3 Å². The van der Waals surface area contributed by atoms with Gasteiger partial charge in [0.05, 0.1) is 6.42 Å². The number of piperidine rings is 3. The molecule has 1 N–H and O–H groups in total. The Bertz CT molecular complexity index is 281. The molecule has 0 spiro atoms. The van der Waals surface area contributed by atoms with Crippen molar-refractivity contribution in [1.82, 2.24) is 9.80 Å². The molecule has 0 saturated carbocycles. The van der Waals surface area contributed by atoms with Crippen molar-refractivity contribution in [3.05, 3.63) is 0 Å². The molecule has 4 rings (SSSR count). The molecule has 90 valence electrons. The maximum Gasteiger partial charge on any atom is 0.303 e. The second-order valence-electron chi connectivity index (χ2n) is 5.62. The number of aliphatic carboxylic acids is 1. The minimum absolute atomic E-state index is 0.359. The Morgan fingerprint density at radius 2 is 1.88 bits per heavy atom. The first-order valence-electron chi connectivity index (χ1n) is 6.40. The second kappa shape index (κ2) is 4.00. The lowest BCUT2D eigenvalue weighted by Crippen LogP contribution is -2.63. The fourth-order valence-corrected chi connectivity index (χ4v) is 3.60. The van der Waals surface area contributed by atoms with Gasteiger partial charge in [-0.05, 0) is 37.8 Å². The lowest BCUT2D eigenvalue weighted by molar-refractivity contribution is -0.140. The number of likely N-dealkylation sites (tertiary alicyclic amines) is 1. The summed E-state index contributed by atoms with van der Waals surface area (Å²) in [7, 11) is 0. The van der Waals surface area contributed by atoms with E-state index < -0.39 is 5.97 Å². The average Bonchev–Trinajstić information content (AvgIpc) is 2.24. The van der Waals surface area contributed by atoms with Crippen LogP contribution in [0.3, 0.4) is 0 Å². The Labute approximate surface area is 96.2 Å². The molecule has 4 saturated heterocycles. The van der Waals surface area contributed by atoms with Gasteiger partial charge in [0.2, 0.25) is 0 Å². The predicted octanol–water partition coefficient (Wildman–Crippen LogP) is 0.487. The molecule has 16 heavy (non-hydrogen) atoms. The first-order valence-corrected chi connectivity index (χ1v) is 6.40. The molecule has 4 nitrogen and oxygen atoms in total. The monoisotopic (exact) mass is 224 g/mol. The Balaban J connectivity index is 1.51. The Morgan fingerprint density at radius 1 is 1.19 bits per heavy atom. The summed E-state index contributed by atoms with van der Waals surface area (Å²) in [6, 6.07) is 0.729. The predicted molar refractivity (Wildman–Crippen MR) is 60.3 cm³/mol. The lowest BCUT2D eigenvalue weighted by atomic mass is 9.80. The van der Waals surface area contributed by atoms with Crippen LogP contribution in [0.25, 0.3) is 0 Å². The van der Waals surface area contributed by atoms with Crippen molar-refractivity contribution >= 4 is 5.97 Å². The van der Waals surface area contributed by atoms with E-state index in [1.807, 2.05) is 0 Å². The summed E-state index contributed by atoms with van der Waals surface area (Å²) in [5.41, 5.74) is 0. The molecule has 0 amide bonds. The molecule has 4 aliphatic heterocycles. The van der Waals surface area contributed by atoms with Gasteiger partial charge < -0.3 is 10.0 Å². The van der Waals surface area contributed by atoms with E-state index in [1.165, 1.54) is 32.5 Å². The van der Waals surface area contributed by atoms with Crippen LogP contribution >= 0.6 is 0 Å². The molecule has 4 aliphatic rings. The van der Waals surface area contributed by atoms with Crippen LogP contribution in [0.4, 0.5) is 0 Å². The topological polar surface area (TPSA) is 43.8 Å². The molecular weight excluding hydrogens is 204 g/mol. The van der Waals surface area contributed by atoms with Crippen LogP contribution in [0, 0.1) is 11.8 Å². The molecule has 2 bridgehead atoms. The maximum atomic E-state index is 10.6. The van der Waals surface area contributed by atoms with E-state index in [9.17, 15) is 4.79 Å². The molecular formula is C12H20N2O2. The minimum Gasteiger partial charge on any atom is -0.481 e. The normalized spacial score (nSPS) is 39.6. The van der Waals surface area contributed by atoms with Crippen LogP contribution in [0.2, 0.25) is 0 Å². The van der Waals surface area contributed by atoms with Gasteiger partial charge in [0.15, 0.2) is 0 Å². The fourth-order valence-electron chi connectivity index (χ4n) is 3.60. The molecule has 0 aromatic rings. The fraction of sp³-hybridized carbons (Fsp3) is 0.917. The molecule has 0 aromatic carbocycles. The van der Waals surface area contributed by atoms with Crippen LogP contribution < -0.4 is 0 Å². The highest BCUT2D eigenvalue weighted by atomic mass is 16.4. The molecule has 1 atom stereocenters. The third-order valence-electron chi connectivity index (χ3n) is 4.54. The van der Waals surface area contributed by atoms with Gasteiger partial charge in [0.1, 0.15) is 0 Å². The van der Waals surface area contributed by atoms with Crippen LogP contribution in [0.5, 0.6) is 0 Å². The van der Waals surface area contributed by atoms with Gasteiger partial charge in [-0.15, -0.1) is 0 Å². The number of hydrogen-bond donors (Lipinski definition) is 1. The average molecular weight is 224 g/mol. The molecule has 4 fully saturated rings. The van der Waals surface area contributed by atoms with Crippen molar-refractivity contribution in [2.75, 3.05) is 32.7 Å². The van der Waals surface area contributed by atoms with Gasteiger partial charge in [-0.1, -0.05) is 0 Å². The van der Waals surface area contributed by atoms with Gasteiger partial charge in [-0.25, -0.2) is 0 Å². The highest BCUT2D eigenvalue weighted by Crippen LogP contribution is 2.34. The zero-order chi connectivity index (χ0) is 11.1. The van der Waals surface area contributed by atoms with E-state index in [4.69, 9.17) is 5.11 Å². The van der Waals surface area contributed by atoms with Crippen LogP contribution in [0.15, 0.2) is 0 Å². The molecule has 4 heterocycles. The van der Waals surface area contributed by atoms with Crippen molar-refractivity contribution in [2.45, 2.75) is 25.3 Å². The van der Waals surface area contributed by atoms with Gasteiger partial charge >= 0.3 is 5.97 Å². The van der Waals surface area contributed by atoms with Crippen LogP contribution in [-0.4, -0.2) is 59.6 Å². The first-order chi connectivity index (χ1) is 7.72. The highest BCUT2D eigenvalue weighted by Gasteiger charge is 2.42. The van der Waals surface area contributed by atoms with Crippen molar-refractivity contribution in [1.29, 1.82) is 0 Å². The largest absolute Gasteiger partial charge is 0.481 e. The summed E-state index contributed by atoms with van der Waals surface area (Å²) in [5.74, 6) is 0.655. The number of carboxylic acid groups (broad SMARTS) is 1. The SMILES string of the molecule is O=C(O)CC1CN(C2CN3CCC2CC3)C1. The van der Waals surface area contributed by atoms with Gasteiger partial charge in [-0.2, -0.15) is 0 Å². The van der Waals surface area contributed by atoms with Gasteiger partial charge in [0.25, 0.3) is 0 Å². The number of carbonyl (C=O) groups is 1. The summed E-state index contributed by atoms with van der Waals surface area (Å²) in [6.07, 6.45) is 3.06. The highest BCUT2D eigenvalue weighted by molar-refractivity contribution is 5.67. The van der Waals surface area contributed by atoms with E-state index in [1.54, 1.807) is 0 Å². The smallest absolute Gasteiger partial charge is 0.303 e. The number of rotatable bonds is 3. The number of fused-ring (bicyclic) bond motifs is 3. The molecule has 0 aromatic heterocycles. The number of nitrogens with zero attached hydrogens (tertiary/aromatic N) is 2. The van der Waals surface area contributed by atoms with Crippen LogP contribution in [-0.2, 0) is 4.79 Å². The molecule has 4 heteroatoms. The Kier molecular flexibility index (Phi) is 2.64. The summed E-state index contributed by atoms with van der Waals surface area (Å²) in [5, 5.41) is 8.72. The zero-order valence-electron chi connectivity index (χ0n) is 9.64. The first kappa shape index (κ1) is 10.5. The quantitative estimate of drug-likeness (QED) is 0.757. The zero-order valence-corrected chi connectivity index (χ0v) is 9.64. The second-order valence-corrected chi connectivity index (χ2v) is 5.62. The minimum atomic E-state index is -0.640. The standard InChI is InChI=1S/C12H20N2O2/c15-12(16)5-9-6-14(7-9)11-8-13-3-1-10(11)2-4-13/h9-11H,1-8H2,(H,15,16). The van der Waals surface area contributed by atoms with Crippen molar-refractivity contribution in [3.63, 3.8) is 0 Å². The third kappa shape index (κ3) is 1.84. The van der Waals surface area contributed by atoms with Crippen LogP contribution in [0.1, 0.15) is 19.3 Å². The summed E-state index contributed by atoms with van der Waals surface area (Å²) in [6.45, 7) is 5.83. The van der Waals surface area contributed by atoms with Crippen molar-refractivity contribution in [2.24, 2.45) is 11.8 Å². The van der Waals surface area contributed by atoms with E-state index in [2.05, 4.69) is 9.80 Å². The Morgan fingerprint density at radius 3 is 2.38 bits per heavy atom. The molecule has 0 aliphatic carbocycles. The van der Waals surface area contributed by atoms with Crippen molar-refractivity contribution in [3.8, 4) is 0 Å². The van der Waals surface area contributed by atoms with Crippen molar-refractivity contribution < 1.29 is 9.90 Å². The van der Waals surface area contributed by atoms with E-state index in [-0.39, 0.29) is 0 Å².